The molecule has 1 heterocycles. The standard InChI is InChI=1S/C12H12Cl2N2OS/c13-7-11-15-10-6-8(14)2-3-9(10)12(16-11)18-5-1-4-17/h2-3,6,17H,1,4-5,7H2. The number of aliphatic hydroxyl groups excluding tert-OH is 1. The van der Waals surface area contributed by atoms with E-state index in [-0.39, 0.29) is 12.5 Å². The van der Waals surface area contributed by atoms with Gasteiger partial charge >= 0.3 is 0 Å². The van der Waals surface area contributed by atoms with Crippen LogP contribution in [-0.4, -0.2) is 27.4 Å². The summed E-state index contributed by atoms with van der Waals surface area (Å²) in [5.74, 6) is 1.68. The van der Waals surface area contributed by atoms with Gasteiger partial charge in [-0.25, -0.2) is 9.97 Å². The van der Waals surface area contributed by atoms with Crippen LogP contribution in [-0.2, 0) is 5.88 Å². The Bertz CT molecular complexity index is 551. The first-order valence-corrected chi connectivity index (χ1v) is 7.40. The van der Waals surface area contributed by atoms with Crippen molar-refractivity contribution < 1.29 is 5.11 Å². The first-order valence-electron chi connectivity index (χ1n) is 5.50. The maximum absolute atomic E-state index is 8.81. The molecule has 6 heteroatoms. The fourth-order valence-corrected chi connectivity index (χ4v) is 2.77. The fourth-order valence-electron chi connectivity index (χ4n) is 1.52. The summed E-state index contributed by atoms with van der Waals surface area (Å²) >= 11 is 13.4. The van der Waals surface area contributed by atoms with E-state index in [0.29, 0.717) is 10.8 Å². The molecule has 0 bridgehead atoms. The maximum atomic E-state index is 8.81. The summed E-state index contributed by atoms with van der Waals surface area (Å²) in [6, 6.07) is 5.55. The second kappa shape index (κ2) is 6.57. The maximum Gasteiger partial charge on any atom is 0.145 e. The van der Waals surface area contributed by atoms with Gasteiger partial charge in [-0.05, 0) is 24.6 Å². The lowest BCUT2D eigenvalue weighted by atomic mass is 10.2. The number of fused-ring (bicyclic) bond motifs is 1. The second-order valence-electron chi connectivity index (χ2n) is 3.67. The van der Waals surface area contributed by atoms with Crippen LogP contribution in [0.1, 0.15) is 12.2 Å². The lowest BCUT2D eigenvalue weighted by Gasteiger charge is -2.07. The van der Waals surface area contributed by atoms with Gasteiger partial charge in [-0.15, -0.1) is 23.4 Å². The van der Waals surface area contributed by atoms with Crippen LogP contribution in [0.3, 0.4) is 0 Å². The van der Waals surface area contributed by atoms with E-state index in [4.69, 9.17) is 28.3 Å². The minimum Gasteiger partial charge on any atom is -0.396 e. The van der Waals surface area contributed by atoms with E-state index in [1.165, 1.54) is 0 Å². The predicted molar refractivity (Wildman–Crippen MR) is 76.5 cm³/mol. The summed E-state index contributed by atoms with van der Waals surface area (Å²) in [6.45, 7) is 0.185. The third-order valence-corrected chi connectivity index (χ3v) is 3.88. The zero-order valence-corrected chi connectivity index (χ0v) is 11.9. The molecule has 0 saturated carbocycles. The van der Waals surface area contributed by atoms with Gasteiger partial charge in [0.2, 0.25) is 0 Å². The van der Waals surface area contributed by atoms with Crippen LogP contribution in [0.5, 0.6) is 0 Å². The number of thioether (sulfide) groups is 1. The molecule has 0 spiro atoms. The molecule has 0 amide bonds. The first-order chi connectivity index (χ1) is 8.74. The molecular formula is C12H12Cl2N2OS. The number of aliphatic hydroxyl groups is 1. The molecule has 1 aromatic heterocycles. The molecule has 2 aromatic rings. The van der Waals surface area contributed by atoms with Gasteiger partial charge in [0.15, 0.2) is 0 Å². The molecule has 0 saturated heterocycles. The molecule has 0 radical (unpaired) electrons. The number of nitrogens with zero attached hydrogens (tertiary/aromatic N) is 2. The lowest BCUT2D eigenvalue weighted by Crippen LogP contribution is -1.96. The van der Waals surface area contributed by atoms with Crippen LogP contribution in [0, 0.1) is 0 Å². The minimum atomic E-state index is 0.185. The average Bonchev–Trinajstić information content (AvgIpc) is 2.38. The Morgan fingerprint density at radius 3 is 2.83 bits per heavy atom. The molecule has 0 fully saturated rings. The van der Waals surface area contributed by atoms with Crippen molar-refractivity contribution in [1.82, 2.24) is 9.97 Å². The van der Waals surface area contributed by atoms with E-state index in [1.807, 2.05) is 18.2 Å². The van der Waals surface area contributed by atoms with E-state index in [1.54, 1.807) is 11.8 Å². The molecule has 1 N–H and O–H groups in total. The van der Waals surface area contributed by atoms with Crippen LogP contribution in [0.4, 0.5) is 0 Å². The zero-order valence-electron chi connectivity index (χ0n) is 9.57. The van der Waals surface area contributed by atoms with Crippen LogP contribution in [0.2, 0.25) is 5.02 Å². The smallest absolute Gasteiger partial charge is 0.145 e. The molecular weight excluding hydrogens is 291 g/mol. The number of alkyl halides is 1. The van der Waals surface area contributed by atoms with E-state index in [0.717, 1.165) is 28.1 Å². The summed E-state index contributed by atoms with van der Waals surface area (Å²) in [7, 11) is 0. The number of benzene rings is 1. The Morgan fingerprint density at radius 2 is 2.11 bits per heavy atom. The Kier molecular flexibility index (Phi) is 5.06. The highest BCUT2D eigenvalue weighted by atomic mass is 35.5. The second-order valence-corrected chi connectivity index (χ2v) is 5.45. The van der Waals surface area contributed by atoms with E-state index in [2.05, 4.69) is 9.97 Å². The highest BCUT2D eigenvalue weighted by Crippen LogP contribution is 2.28. The fraction of sp³-hybridized carbons (Fsp3) is 0.333. The SMILES string of the molecule is OCCCSc1nc(CCl)nc2cc(Cl)ccc12. The molecule has 0 atom stereocenters. The minimum absolute atomic E-state index is 0.185. The van der Waals surface area contributed by atoms with Gasteiger partial charge in [0.25, 0.3) is 0 Å². The van der Waals surface area contributed by atoms with E-state index in [9.17, 15) is 0 Å². The number of hydrogen-bond donors (Lipinski definition) is 1. The van der Waals surface area contributed by atoms with E-state index < -0.39 is 0 Å². The van der Waals surface area contributed by atoms with Gasteiger partial charge in [-0.1, -0.05) is 11.6 Å². The van der Waals surface area contributed by atoms with Crippen LogP contribution >= 0.6 is 35.0 Å². The summed E-state index contributed by atoms with van der Waals surface area (Å²) in [5, 5.41) is 11.3. The number of halogens is 2. The molecule has 3 nitrogen and oxygen atoms in total. The monoisotopic (exact) mass is 302 g/mol. The summed E-state index contributed by atoms with van der Waals surface area (Å²) in [6.07, 6.45) is 0.736. The van der Waals surface area contributed by atoms with Gasteiger partial charge in [0, 0.05) is 22.8 Å². The summed E-state index contributed by atoms with van der Waals surface area (Å²) in [4.78, 5) is 8.77. The summed E-state index contributed by atoms with van der Waals surface area (Å²) in [5.41, 5.74) is 0.805. The molecule has 18 heavy (non-hydrogen) atoms. The third-order valence-electron chi connectivity index (χ3n) is 2.33. The quantitative estimate of drug-likeness (QED) is 0.397. The normalized spacial score (nSPS) is 11.1. The Morgan fingerprint density at radius 1 is 1.28 bits per heavy atom. The highest BCUT2D eigenvalue weighted by molar-refractivity contribution is 7.99. The van der Waals surface area contributed by atoms with Crippen molar-refractivity contribution in [2.75, 3.05) is 12.4 Å². The number of hydrogen-bond acceptors (Lipinski definition) is 4. The topological polar surface area (TPSA) is 46.0 Å². The van der Waals surface area contributed by atoms with Crippen molar-refractivity contribution in [1.29, 1.82) is 0 Å². The molecule has 96 valence electrons. The number of rotatable bonds is 5. The van der Waals surface area contributed by atoms with Crippen molar-refractivity contribution in [2.45, 2.75) is 17.3 Å². The van der Waals surface area contributed by atoms with Gasteiger partial charge in [-0.3, -0.25) is 0 Å². The zero-order chi connectivity index (χ0) is 13.0. The van der Waals surface area contributed by atoms with Gasteiger partial charge < -0.3 is 5.11 Å². The van der Waals surface area contributed by atoms with Crippen LogP contribution in [0.25, 0.3) is 10.9 Å². The number of aromatic nitrogens is 2. The van der Waals surface area contributed by atoms with Crippen molar-refractivity contribution >= 4 is 45.9 Å². The van der Waals surface area contributed by atoms with Crippen molar-refractivity contribution in [2.24, 2.45) is 0 Å². The summed E-state index contributed by atoms with van der Waals surface area (Å²) < 4.78 is 0. The van der Waals surface area contributed by atoms with Gasteiger partial charge in [0.05, 0.1) is 11.4 Å². The first kappa shape index (κ1) is 13.9. The Labute approximate surface area is 120 Å². The highest BCUT2D eigenvalue weighted by Gasteiger charge is 2.08. The largest absolute Gasteiger partial charge is 0.396 e. The van der Waals surface area contributed by atoms with E-state index >= 15 is 0 Å². The predicted octanol–water partition coefficient (Wildman–Crippen LogP) is 3.50. The van der Waals surface area contributed by atoms with Gasteiger partial charge in [0.1, 0.15) is 10.9 Å². The molecule has 2 rings (SSSR count). The van der Waals surface area contributed by atoms with Crippen LogP contribution < -0.4 is 0 Å². The molecule has 1 aromatic carbocycles. The molecule has 0 aliphatic carbocycles. The Balaban J connectivity index is 2.41. The molecule has 0 unspecified atom stereocenters. The van der Waals surface area contributed by atoms with Crippen molar-refractivity contribution in [3.8, 4) is 0 Å². The molecule has 0 aliphatic rings. The average molecular weight is 303 g/mol. The third kappa shape index (κ3) is 3.26. The van der Waals surface area contributed by atoms with Crippen molar-refractivity contribution in [3.63, 3.8) is 0 Å². The Hall–Kier alpha value is -0.550. The molecule has 0 aliphatic heterocycles. The van der Waals surface area contributed by atoms with Crippen molar-refractivity contribution in [3.05, 3.63) is 29.0 Å². The lowest BCUT2D eigenvalue weighted by molar-refractivity contribution is 0.296. The van der Waals surface area contributed by atoms with Crippen LogP contribution in [0.15, 0.2) is 23.2 Å². The van der Waals surface area contributed by atoms with Gasteiger partial charge in [-0.2, -0.15) is 0 Å².